The average molecular weight is 299 g/mol. The summed E-state index contributed by atoms with van der Waals surface area (Å²) in [5.41, 5.74) is 0.147. The topological polar surface area (TPSA) is 84.9 Å². The lowest BCUT2D eigenvalue weighted by Crippen LogP contribution is -2.53. The lowest BCUT2D eigenvalue weighted by atomic mass is 10.2. The summed E-state index contributed by atoms with van der Waals surface area (Å²) in [4.78, 5) is 35.6. The number of halogens is 1. The molecule has 1 aliphatic heterocycles. The highest BCUT2D eigenvalue weighted by Crippen LogP contribution is 2.38. The maximum atomic E-state index is 11.9. The first kappa shape index (κ1) is 14.1. The molecule has 1 aromatic rings. The smallest absolute Gasteiger partial charge is 0.335 e. The van der Waals surface area contributed by atoms with Gasteiger partial charge in [0.15, 0.2) is 0 Å². The molecule has 0 radical (unpaired) electrons. The van der Waals surface area contributed by atoms with Gasteiger partial charge in [0.25, 0.3) is 0 Å². The molecule has 1 heterocycles. The van der Waals surface area contributed by atoms with Crippen LogP contribution in [0.25, 0.3) is 0 Å². The van der Waals surface area contributed by atoms with Crippen LogP contribution in [0.3, 0.4) is 0 Å². The number of carbonyl (C=O) groups is 3. The largest absolute Gasteiger partial charge is 0.495 e. The lowest BCUT2D eigenvalue weighted by Gasteiger charge is -2.26. The van der Waals surface area contributed by atoms with Crippen molar-refractivity contribution in [3.8, 4) is 11.5 Å². The standard InChI is InChI=1S/C12H11ClN2O5/c1-19-8-4-9(20-2)7(3-6(8)13)15-11(17)5-10(16)14-12(15)18/h3-4H,5H2,1-2H3,(H,14,16,18). The molecule has 0 aliphatic carbocycles. The van der Waals surface area contributed by atoms with Gasteiger partial charge in [-0.15, -0.1) is 0 Å². The number of urea groups is 1. The number of imide groups is 2. The van der Waals surface area contributed by atoms with E-state index in [0.29, 0.717) is 5.75 Å². The molecule has 2 rings (SSSR count). The first-order chi connectivity index (χ1) is 9.47. The van der Waals surface area contributed by atoms with E-state index in [2.05, 4.69) is 5.32 Å². The third-order valence-corrected chi connectivity index (χ3v) is 3.00. The Labute approximate surface area is 119 Å². The Kier molecular flexibility index (Phi) is 3.80. The molecule has 1 N–H and O–H groups in total. The van der Waals surface area contributed by atoms with E-state index in [-0.39, 0.29) is 16.5 Å². The van der Waals surface area contributed by atoms with E-state index in [4.69, 9.17) is 21.1 Å². The predicted molar refractivity (Wildman–Crippen MR) is 70.2 cm³/mol. The van der Waals surface area contributed by atoms with Crippen LogP contribution in [0.2, 0.25) is 5.02 Å². The fraction of sp³-hybridized carbons (Fsp3) is 0.250. The zero-order valence-corrected chi connectivity index (χ0v) is 11.5. The molecule has 0 aromatic heterocycles. The summed E-state index contributed by atoms with van der Waals surface area (Å²) in [5, 5.41) is 2.26. The number of methoxy groups -OCH3 is 2. The Morgan fingerprint density at radius 3 is 2.35 bits per heavy atom. The van der Waals surface area contributed by atoms with Gasteiger partial charge in [0.2, 0.25) is 11.8 Å². The second kappa shape index (κ2) is 5.38. The number of nitrogens with one attached hydrogen (secondary N) is 1. The molecule has 0 spiro atoms. The summed E-state index contributed by atoms with van der Waals surface area (Å²) >= 11 is 5.98. The van der Waals surface area contributed by atoms with Crippen LogP contribution in [0, 0.1) is 0 Å². The van der Waals surface area contributed by atoms with E-state index >= 15 is 0 Å². The number of hydrogen-bond donors (Lipinski definition) is 1. The van der Waals surface area contributed by atoms with Crippen molar-refractivity contribution in [3.63, 3.8) is 0 Å². The van der Waals surface area contributed by atoms with Crippen molar-refractivity contribution in [1.82, 2.24) is 5.32 Å². The summed E-state index contributed by atoms with van der Waals surface area (Å²) < 4.78 is 10.2. The molecule has 0 unspecified atom stereocenters. The van der Waals surface area contributed by atoms with E-state index in [1.54, 1.807) is 0 Å². The van der Waals surface area contributed by atoms with Gasteiger partial charge in [-0.1, -0.05) is 11.6 Å². The molecule has 0 atom stereocenters. The van der Waals surface area contributed by atoms with Crippen molar-refractivity contribution >= 4 is 35.1 Å². The van der Waals surface area contributed by atoms with Crippen LogP contribution in [-0.2, 0) is 9.59 Å². The number of nitrogens with zero attached hydrogens (tertiary/aromatic N) is 1. The van der Waals surface area contributed by atoms with Crippen LogP contribution in [-0.4, -0.2) is 32.1 Å². The number of ether oxygens (including phenoxy) is 2. The Bertz CT molecular complexity index is 582. The highest BCUT2D eigenvalue weighted by molar-refractivity contribution is 6.33. The molecular formula is C12H11ClN2O5. The molecule has 4 amide bonds. The molecule has 0 bridgehead atoms. The fourth-order valence-corrected chi connectivity index (χ4v) is 2.05. The maximum absolute atomic E-state index is 11.9. The molecule has 1 aromatic carbocycles. The van der Waals surface area contributed by atoms with Gasteiger partial charge in [0.05, 0.1) is 24.9 Å². The molecule has 1 saturated heterocycles. The van der Waals surface area contributed by atoms with Crippen LogP contribution in [0.15, 0.2) is 12.1 Å². The van der Waals surface area contributed by atoms with E-state index < -0.39 is 24.3 Å². The SMILES string of the molecule is COc1cc(OC)c(N2C(=O)CC(=O)NC2=O)cc1Cl. The van der Waals surface area contributed by atoms with E-state index in [0.717, 1.165) is 4.90 Å². The number of barbiturate groups is 1. The minimum absolute atomic E-state index is 0.147. The van der Waals surface area contributed by atoms with Gasteiger partial charge < -0.3 is 9.47 Å². The van der Waals surface area contributed by atoms with E-state index in [1.807, 2.05) is 0 Å². The summed E-state index contributed by atoms with van der Waals surface area (Å²) in [6, 6.07) is 1.98. The second-order valence-electron chi connectivity index (χ2n) is 3.92. The third-order valence-electron chi connectivity index (χ3n) is 2.70. The monoisotopic (exact) mass is 298 g/mol. The second-order valence-corrected chi connectivity index (χ2v) is 4.33. The van der Waals surface area contributed by atoms with E-state index in [9.17, 15) is 14.4 Å². The zero-order chi connectivity index (χ0) is 14.9. The summed E-state index contributed by atoms with van der Waals surface area (Å²) in [6.45, 7) is 0. The van der Waals surface area contributed by atoms with Gasteiger partial charge >= 0.3 is 6.03 Å². The molecule has 1 fully saturated rings. The Morgan fingerprint density at radius 1 is 1.15 bits per heavy atom. The molecule has 7 nitrogen and oxygen atoms in total. The number of anilines is 1. The highest BCUT2D eigenvalue weighted by Gasteiger charge is 2.34. The third kappa shape index (κ3) is 2.39. The van der Waals surface area contributed by atoms with Gasteiger partial charge in [0.1, 0.15) is 17.9 Å². The molecule has 106 valence electrons. The normalized spacial score (nSPS) is 15.2. The van der Waals surface area contributed by atoms with Crippen molar-refractivity contribution in [1.29, 1.82) is 0 Å². The van der Waals surface area contributed by atoms with Gasteiger partial charge in [-0.3, -0.25) is 14.9 Å². The van der Waals surface area contributed by atoms with Crippen molar-refractivity contribution < 1.29 is 23.9 Å². The van der Waals surface area contributed by atoms with Gasteiger partial charge in [-0.05, 0) is 6.07 Å². The van der Waals surface area contributed by atoms with Crippen LogP contribution in [0.5, 0.6) is 11.5 Å². The maximum Gasteiger partial charge on any atom is 0.335 e. The Balaban J connectivity index is 2.51. The first-order valence-corrected chi connectivity index (χ1v) is 5.94. The van der Waals surface area contributed by atoms with Gasteiger partial charge in [-0.25, -0.2) is 9.69 Å². The number of carbonyl (C=O) groups excluding carboxylic acids is 3. The van der Waals surface area contributed by atoms with Gasteiger partial charge in [0, 0.05) is 6.07 Å². The molecule has 20 heavy (non-hydrogen) atoms. The minimum Gasteiger partial charge on any atom is -0.495 e. The quantitative estimate of drug-likeness (QED) is 0.851. The minimum atomic E-state index is -0.842. The summed E-state index contributed by atoms with van der Waals surface area (Å²) in [5.74, 6) is -0.731. The van der Waals surface area contributed by atoms with Crippen molar-refractivity contribution in [2.75, 3.05) is 19.1 Å². The van der Waals surface area contributed by atoms with Crippen molar-refractivity contribution in [2.24, 2.45) is 0 Å². The van der Waals surface area contributed by atoms with E-state index in [1.165, 1.54) is 26.4 Å². The molecular weight excluding hydrogens is 288 g/mol. The number of benzene rings is 1. The molecule has 0 saturated carbocycles. The molecule has 1 aliphatic rings. The average Bonchev–Trinajstić information content (AvgIpc) is 2.37. The van der Waals surface area contributed by atoms with Gasteiger partial charge in [-0.2, -0.15) is 0 Å². The zero-order valence-electron chi connectivity index (χ0n) is 10.7. The number of rotatable bonds is 3. The van der Waals surface area contributed by atoms with Crippen LogP contribution >= 0.6 is 11.6 Å². The lowest BCUT2D eigenvalue weighted by molar-refractivity contribution is -0.128. The Hall–Kier alpha value is -2.28. The van der Waals surface area contributed by atoms with Crippen LogP contribution in [0.4, 0.5) is 10.5 Å². The molecule has 8 heteroatoms. The number of amides is 4. The van der Waals surface area contributed by atoms with Crippen LogP contribution in [0.1, 0.15) is 6.42 Å². The van der Waals surface area contributed by atoms with Crippen LogP contribution < -0.4 is 19.7 Å². The predicted octanol–water partition coefficient (Wildman–Crippen LogP) is 1.33. The summed E-state index contributed by atoms with van der Waals surface area (Å²) in [7, 11) is 2.81. The van der Waals surface area contributed by atoms with Crippen molar-refractivity contribution in [3.05, 3.63) is 17.2 Å². The Morgan fingerprint density at radius 2 is 1.80 bits per heavy atom. The first-order valence-electron chi connectivity index (χ1n) is 5.56. The highest BCUT2D eigenvalue weighted by atomic mass is 35.5. The fourth-order valence-electron chi connectivity index (χ4n) is 1.81. The number of hydrogen-bond acceptors (Lipinski definition) is 5. The summed E-state index contributed by atoms with van der Waals surface area (Å²) in [6.07, 6.45) is -0.418. The van der Waals surface area contributed by atoms with Crippen molar-refractivity contribution in [2.45, 2.75) is 6.42 Å².